The summed E-state index contributed by atoms with van der Waals surface area (Å²) in [6, 6.07) is 23.2. The van der Waals surface area contributed by atoms with E-state index in [1.165, 1.54) is 5.56 Å². The van der Waals surface area contributed by atoms with Gasteiger partial charge < -0.3 is 0 Å². The first-order chi connectivity index (χ1) is 22.4. The molecule has 0 amide bonds. The van der Waals surface area contributed by atoms with Crippen LogP contribution in [0.2, 0.25) is 0 Å². The number of rotatable bonds is 3. The second-order valence-corrected chi connectivity index (χ2v) is 12.4. The fourth-order valence-electron chi connectivity index (χ4n) is 6.27. The summed E-state index contributed by atoms with van der Waals surface area (Å²) in [4.78, 5) is 43.0. The molecule has 2 aromatic carbocycles. The van der Waals surface area contributed by atoms with Gasteiger partial charge >= 0.3 is 0 Å². The van der Waals surface area contributed by atoms with Crippen LogP contribution >= 0.6 is 0 Å². The van der Waals surface area contributed by atoms with E-state index in [0.717, 1.165) is 83.8 Å². The first-order valence-corrected chi connectivity index (χ1v) is 15.8. The Kier molecular flexibility index (Phi) is 7.98. The Morgan fingerprint density at radius 1 is 0.696 bits per heavy atom. The van der Waals surface area contributed by atoms with Crippen LogP contribution in [-0.2, 0) is 38.8 Å². The van der Waals surface area contributed by atoms with Gasteiger partial charge in [0.15, 0.2) is 0 Å². The molecule has 2 aliphatic heterocycles. The first kappa shape index (κ1) is 29.3. The lowest BCUT2D eigenvalue weighted by atomic mass is 10.1. The Labute approximate surface area is 266 Å². The zero-order valence-corrected chi connectivity index (χ0v) is 26.0. The Morgan fingerprint density at radius 3 is 1.96 bits per heavy atom. The topological polar surface area (TPSA) is 95.6 Å². The third-order valence-corrected chi connectivity index (χ3v) is 8.58. The quantitative estimate of drug-likeness (QED) is 0.259. The van der Waals surface area contributed by atoms with Gasteiger partial charge in [0, 0.05) is 49.6 Å². The van der Waals surface area contributed by atoms with Crippen molar-refractivity contribution in [3.63, 3.8) is 0 Å². The minimum atomic E-state index is 0.0542. The van der Waals surface area contributed by atoms with Crippen LogP contribution in [0.4, 0.5) is 0 Å². The van der Waals surface area contributed by atoms with Crippen LogP contribution in [0.25, 0.3) is 21.8 Å². The molecule has 0 spiro atoms. The number of nitrogens with zero attached hydrogens (tertiary/aromatic N) is 6. The molecule has 0 saturated heterocycles. The van der Waals surface area contributed by atoms with Gasteiger partial charge in [-0.05, 0) is 90.8 Å². The van der Waals surface area contributed by atoms with Crippen molar-refractivity contribution < 1.29 is 0 Å². The minimum Gasteiger partial charge on any atom is -0.296 e. The number of benzene rings is 2. The molecule has 2 unspecified atom stereocenters. The highest BCUT2D eigenvalue weighted by Gasteiger charge is 2.22. The second-order valence-electron chi connectivity index (χ2n) is 12.4. The first-order valence-electron chi connectivity index (χ1n) is 15.8. The number of pyridine rings is 2. The fraction of sp³-hybridized carbons (Fsp3) is 0.263. The molecule has 0 aliphatic carbocycles. The minimum absolute atomic E-state index is 0.0542. The molecule has 4 aromatic heterocycles. The largest absolute Gasteiger partial charge is 0.296 e. The molecule has 0 radical (unpaired) electrons. The van der Waals surface area contributed by atoms with E-state index in [4.69, 9.17) is 4.98 Å². The van der Waals surface area contributed by atoms with E-state index in [0.29, 0.717) is 17.2 Å². The molecule has 8 nitrogen and oxygen atoms in total. The zero-order valence-electron chi connectivity index (χ0n) is 26.0. The van der Waals surface area contributed by atoms with E-state index < -0.39 is 0 Å². The molecule has 8 heteroatoms. The number of aromatic nitrogens is 6. The van der Waals surface area contributed by atoms with Gasteiger partial charge in [0.1, 0.15) is 17.3 Å². The summed E-state index contributed by atoms with van der Waals surface area (Å²) in [5.74, 6) is 8.89. The van der Waals surface area contributed by atoms with Gasteiger partial charge in [0.25, 0.3) is 11.1 Å². The SMILES string of the molecule is CC1Cc2nc3cc(C#Cc4ccccn4)ccc3c(=O)n2C1.CC1Cc2nc3cc(CCc4ccccn4)ccc3c(=O)n2C1. The third kappa shape index (κ3) is 6.09. The smallest absolute Gasteiger partial charge is 0.261 e. The molecule has 0 N–H and O–H groups in total. The van der Waals surface area contributed by atoms with E-state index in [1.807, 2.05) is 77.5 Å². The summed E-state index contributed by atoms with van der Waals surface area (Å²) < 4.78 is 3.63. The Bertz CT molecular complexity index is 2250. The molecule has 6 heterocycles. The van der Waals surface area contributed by atoms with Crippen molar-refractivity contribution in [3.8, 4) is 11.8 Å². The van der Waals surface area contributed by atoms with Crippen molar-refractivity contribution in [1.82, 2.24) is 29.1 Å². The molecule has 2 aliphatic rings. The van der Waals surface area contributed by atoms with Gasteiger partial charge in [-0.2, -0.15) is 0 Å². The van der Waals surface area contributed by atoms with Crippen molar-refractivity contribution in [3.05, 3.63) is 140 Å². The van der Waals surface area contributed by atoms with E-state index in [-0.39, 0.29) is 11.1 Å². The maximum Gasteiger partial charge on any atom is 0.261 e. The lowest BCUT2D eigenvalue weighted by Gasteiger charge is -2.07. The molecular weight excluding hydrogens is 572 g/mol. The summed E-state index contributed by atoms with van der Waals surface area (Å²) >= 11 is 0. The van der Waals surface area contributed by atoms with E-state index in [9.17, 15) is 9.59 Å². The third-order valence-electron chi connectivity index (χ3n) is 8.58. The predicted octanol–water partition coefficient (Wildman–Crippen LogP) is 5.15. The predicted molar refractivity (Wildman–Crippen MR) is 180 cm³/mol. The van der Waals surface area contributed by atoms with Gasteiger partial charge in [-0.15, -0.1) is 0 Å². The monoisotopic (exact) mass is 606 g/mol. The molecule has 0 bridgehead atoms. The molecule has 0 saturated carbocycles. The van der Waals surface area contributed by atoms with Gasteiger partial charge in [-0.1, -0.05) is 38.0 Å². The number of aryl methyl sites for hydroxylation is 2. The van der Waals surface area contributed by atoms with E-state index >= 15 is 0 Å². The van der Waals surface area contributed by atoms with Gasteiger partial charge in [-0.3, -0.25) is 23.7 Å². The van der Waals surface area contributed by atoms with Crippen LogP contribution < -0.4 is 11.1 Å². The lowest BCUT2D eigenvalue weighted by molar-refractivity contribution is 0.558. The van der Waals surface area contributed by atoms with Gasteiger partial charge in [-0.25, -0.2) is 15.0 Å². The average Bonchev–Trinajstić information content (AvgIpc) is 3.65. The highest BCUT2D eigenvalue weighted by molar-refractivity contribution is 5.80. The molecule has 8 rings (SSSR count). The number of hydrogen-bond donors (Lipinski definition) is 0. The van der Waals surface area contributed by atoms with Crippen LogP contribution in [0, 0.1) is 23.7 Å². The molecule has 2 atom stereocenters. The molecule has 46 heavy (non-hydrogen) atoms. The summed E-state index contributed by atoms with van der Waals surface area (Å²) in [5, 5.41) is 1.38. The Balaban J connectivity index is 0.000000147. The van der Waals surface area contributed by atoms with Crippen LogP contribution in [0.3, 0.4) is 0 Å². The molecule has 228 valence electrons. The van der Waals surface area contributed by atoms with Crippen molar-refractivity contribution >= 4 is 21.8 Å². The summed E-state index contributed by atoms with van der Waals surface area (Å²) in [5.41, 5.74) is 5.56. The van der Waals surface area contributed by atoms with Crippen LogP contribution in [0.1, 0.15) is 48.0 Å². The highest BCUT2D eigenvalue weighted by Crippen LogP contribution is 2.21. The maximum atomic E-state index is 12.6. The standard InChI is InChI=1S/C19H19N3O.C19H15N3O/c2*1-13-10-18-21-17-11-14(5-7-15-4-2-3-9-20-15)6-8-16(17)19(23)22(18)12-13/h2-4,6,8-9,11,13H,5,7,10,12H2,1H3;2-4,6,8-9,11,13H,10,12H2,1H3. The van der Waals surface area contributed by atoms with Gasteiger partial charge in [0.05, 0.1) is 21.8 Å². The Hall–Kier alpha value is -5.42. The van der Waals surface area contributed by atoms with Crippen LogP contribution in [0.15, 0.2) is 94.8 Å². The van der Waals surface area contributed by atoms with Gasteiger partial charge in [0.2, 0.25) is 0 Å². The summed E-state index contributed by atoms with van der Waals surface area (Å²) in [6.07, 6.45) is 7.09. The zero-order chi connectivity index (χ0) is 31.6. The van der Waals surface area contributed by atoms with Crippen molar-refractivity contribution in [2.45, 2.75) is 52.6 Å². The number of hydrogen-bond acceptors (Lipinski definition) is 6. The normalized spacial score (nSPS) is 16.3. The number of fused-ring (bicyclic) bond motifs is 4. The summed E-state index contributed by atoms with van der Waals surface area (Å²) in [7, 11) is 0. The fourth-order valence-corrected chi connectivity index (χ4v) is 6.27. The summed E-state index contributed by atoms with van der Waals surface area (Å²) in [6.45, 7) is 5.86. The Morgan fingerprint density at radius 2 is 1.33 bits per heavy atom. The van der Waals surface area contributed by atoms with Crippen molar-refractivity contribution in [2.24, 2.45) is 11.8 Å². The second kappa shape index (κ2) is 12.5. The molecule has 6 aromatic rings. The highest BCUT2D eigenvalue weighted by atomic mass is 16.1. The van der Waals surface area contributed by atoms with Crippen molar-refractivity contribution in [1.29, 1.82) is 0 Å². The van der Waals surface area contributed by atoms with E-state index in [2.05, 4.69) is 46.7 Å². The lowest BCUT2D eigenvalue weighted by Crippen LogP contribution is -2.21. The maximum absolute atomic E-state index is 12.6. The molecular formula is C38H34N6O2. The average molecular weight is 607 g/mol. The van der Waals surface area contributed by atoms with Crippen LogP contribution in [-0.4, -0.2) is 29.1 Å². The van der Waals surface area contributed by atoms with E-state index in [1.54, 1.807) is 10.8 Å². The van der Waals surface area contributed by atoms with Crippen molar-refractivity contribution in [2.75, 3.05) is 0 Å². The molecule has 0 fully saturated rings. The van der Waals surface area contributed by atoms with Crippen LogP contribution in [0.5, 0.6) is 0 Å².